The van der Waals surface area contributed by atoms with Crippen LogP contribution in [0.3, 0.4) is 0 Å². The number of nitrogens with zero attached hydrogens (tertiary/aromatic N) is 1. The summed E-state index contributed by atoms with van der Waals surface area (Å²) in [5, 5.41) is 2.75. The van der Waals surface area contributed by atoms with Crippen molar-refractivity contribution in [2.75, 3.05) is 32.6 Å². The van der Waals surface area contributed by atoms with E-state index in [1.165, 1.54) is 4.90 Å². The molecule has 0 fully saturated rings. The standard InChI is InChI=1S/C19H22N2O4/c1-4-25-16-10-8-14(9-11-16)19(23)21(2)13-18(22)20-15-6-5-7-17(12-15)24-3/h5-12H,4,13H2,1-3H3,(H,20,22). The van der Waals surface area contributed by atoms with Gasteiger partial charge in [-0.2, -0.15) is 0 Å². The third-order valence-corrected chi connectivity index (χ3v) is 3.49. The Morgan fingerprint density at radius 1 is 1.08 bits per heavy atom. The van der Waals surface area contributed by atoms with Crippen molar-refractivity contribution in [2.24, 2.45) is 0 Å². The zero-order valence-electron chi connectivity index (χ0n) is 14.6. The van der Waals surface area contributed by atoms with E-state index in [1.807, 2.05) is 6.92 Å². The molecule has 6 nitrogen and oxygen atoms in total. The van der Waals surface area contributed by atoms with Gasteiger partial charge in [0.1, 0.15) is 11.5 Å². The lowest BCUT2D eigenvalue weighted by atomic mass is 10.2. The third-order valence-electron chi connectivity index (χ3n) is 3.49. The molecule has 132 valence electrons. The first-order chi connectivity index (χ1) is 12.0. The van der Waals surface area contributed by atoms with Gasteiger partial charge in [-0.15, -0.1) is 0 Å². The van der Waals surface area contributed by atoms with E-state index in [-0.39, 0.29) is 18.4 Å². The molecule has 0 saturated heterocycles. The van der Waals surface area contributed by atoms with Crippen LogP contribution in [0.5, 0.6) is 11.5 Å². The summed E-state index contributed by atoms with van der Waals surface area (Å²) in [7, 11) is 3.15. The van der Waals surface area contributed by atoms with Gasteiger partial charge in [0, 0.05) is 24.4 Å². The van der Waals surface area contributed by atoms with Crippen molar-refractivity contribution in [2.45, 2.75) is 6.92 Å². The lowest BCUT2D eigenvalue weighted by Crippen LogP contribution is -2.34. The molecule has 0 spiro atoms. The minimum atomic E-state index is -0.282. The fraction of sp³-hybridized carbons (Fsp3) is 0.263. The van der Waals surface area contributed by atoms with Crippen molar-refractivity contribution < 1.29 is 19.1 Å². The van der Waals surface area contributed by atoms with Crippen molar-refractivity contribution in [1.82, 2.24) is 4.90 Å². The highest BCUT2D eigenvalue weighted by Crippen LogP contribution is 2.17. The average molecular weight is 342 g/mol. The highest BCUT2D eigenvalue weighted by molar-refractivity contribution is 5.99. The minimum Gasteiger partial charge on any atom is -0.497 e. The predicted molar refractivity (Wildman–Crippen MR) is 96.2 cm³/mol. The van der Waals surface area contributed by atoms with E-state index >= 15 is 0 Å². The number of methoxy groups -OCH3 is 1. The summed E-state index contributed by atoms with van der Waals surface area (Å²) in [6, 6.07) is 13.9. The molecule has 0 radical (unpaired) electrons. The van der Waals surface area contributed by atoms with Gasteiger partial charge in [-0.3, -0.25) is 9.59 Å². The number of ether oxygens (including phenoxy) is 2. The van der Waals surface area contributed by atoms with Crippen molar-refractivity contribution in [3.8, 4) is 11.5 Å². The lowest BCUT2D eigenvalue weighted by molar-refractivity contribution is -0.116. The van der Waals surface area contributed by atoms with E-state index in [4.69, 9.17) is 9.47 Å². The van der Waals surface area contributed by atoms with Crippen LogP contribution in [0.4, 0.5) is 5.69 Å². The molecule has 25 heavy (non-hydrogen) atoms. The zero-order valence-corrected chi connectivity index (χ0v) is 14.6. The summed E-state index contributed by atoms with van der Waals surface area (Å²) in [5.41, 5.74) is 1.12. The molecule has 0 aliphatic rings. The smallest absolute Gasteiger partial charge is 0.254 e. The largest absolute Gasteiger partial charge is 0.497 e. The second-order valence-electron chi connectivity index (χ2n) is 5.40. The Balaban J connectivity index is 1.94. The van der Waals surface area contributed by atoms with E-state index in [9.17, 15) is 9.59 Å². The second-order valence-corrected chi connectivity index (χ2v) is 5.40. The van der Waals surface area contributed by atoms with Gasteiger partial charge in [0.05, 0.1) is 20.3 Å². The first-order valence-corrected chi connectivity index (χ1v) is 7.95. The Labute approximate surface area is 147 Å². The summed E-state index contributed by atoms with van der Waals surface area (Å²) < 4.78 is 10.5. The Hall–Kier alpha value is -3.02. The maximum Gasteiger partial charge on any atom is 0.254 e. The van der Waals surface area contributed by atoms with Crippen molar-refractivity contribution >= 4 is 17.5 Å². The molecule has 0 aliphatic carbocycles. The molecule has 6 heteroatoms. The average Bonchev–Trinajstić information content (AvgIpc) is 2.62. The summed E-state index contributed by atoms with van der Waals surface area (Å²) in [6.07, 6.45) is 0. The van der Waals surface area contributed by atoms with Crippen LogP contribution in [-0.4, -0.2) is 44.0 Å². The molecule has 2 amide bonds. The van der Waals surface area contributed by atoms with Crippen LogP contribution < -0.4 is 14.8 Å². The van der Waals surface area contributed by atoms with Crippen LogP contribution in [0.25, 0.3) is 0 Å². The molecule has 0 aromatic heterocycles. The van der Waals surface area contributed by atoms with E-state index in [1.54, 1.807) is 62.7 Å². The Morgan fingerprint density at radius 3 is 2.44 bits per heavy atom. The molecular weight excluding hydrogens is 320 g/mol. The number of likely N-dealkylation sites (N-methyl/N-ethyl adjacent to an activating group) is 1. The van der Waals surface area contributed by atoms with E-state index in [0.717, 1.165) is 0 Å². The summed E-state index contributed by atoms with van der Waals surface area (Å²) >= 11 is 0. The molecule has 2 rings (SSSR count). The van der Waals surface area contributed by atoms with Crippen LogP contribution in [0.1, 0.15) is 17.3 Å². The monoisotopic (exact) mass is 342 g/mol. The van der Waals surface area contributed by atoms with Crippen LogP contribution in [0.15, 0.2) is 48.5 Å². The highest BCUT2D eigenvalue weighted by Gasteiger charge is 2.15. The van der Waals surface area contributed by atoms with Crippen molar-refractivity contribution in [1.29, 1.82) is 0 Å². The number of carbonyl (C=O) groups is 2. The summed E-state index contributed by atoms with van der Waals surface area (Å²) in [4.78, 5) is 25.9. The van der Waals surface area contributed by atoms with Gasteiger partial charge in [0.25, 0.3) is 5.91 Å². The molecule has 0 bridgehead atoms. The number of anilines is 1. The van der Waals surface area contributed by atoms with E-state index in [0.29, 0.717) is 29.4 Å². The van der Waals surface area contributed by atoms with Gasteiger partial charge in [0.2, 0.25) is 5.91 Å². The van der Waals surface area contributed by atoms with Gasteiger partial charge >= 0.3 is 0 Å². The molecule has 0 heterocycles. The number of nitrogens with one attached hydrogen (secondary N) is 1. The lowest BCUT2D eigenvalue weighted by Gasteiger charge is -2.17. The summed E-state index contributed by atoms with van der Waals surface area (Å²) in [5.74, 6) is 0.841. The van der Waals surface area contributed by atoms with Crippen LogP contribution in [0, 0.1) is 0 Å². The quantitative estimate of drug-likeness (QED) is 0.840. The van der Waals surface area contributed by atoms with Crippen LogP contribution in [-0.2, 0) is 4.79 Å². The van der Waals surface area contributed by atoms with Crippen LogP contribution >= 0.6 is 0 Å². The number of benzene rings is 2. The number of carbonyl (C=O) groups excluding carboxylic acids is 2. The first kappa shape index (κ1) is 18.3. The Bertz CT molecular complexity index is 728. The van der Waals surface area contributed by atoms with Gasteiger partial charge in [-0.25, -0.2) is 0 Å². The molecule has 0 unspecified atom stereocenters. The van der Waals surface area contributed by atoms with Gasteiger partial charge in [0.15, 0.2) is 0 Å². The van der Waals surface area contributed by atoms with E-state index in [2.05, 4.69) is 5.32 Å². The maximum absolute atomic E-state index is 12.4. The zero-order chi connectivity index (χ0) is 18.2. The molecule has 0 aliphatic heterocycles. The Kier molecular flexibility index (Phi) is 6.39. The Morgan fingerprint density at radius 2 is 1.80 bits per heavy atom. The number of hydrogen-bond donors (Lipinski definition) is 1. The molecular formula is C19H22N2O4. The predicted octanol–water partition coefficient (Wildman–Crippen LogP) is 2.80. The number of amides is 2. The maximum atomic E-state index is 12.4. The van der Waals surface area contributed by atoms with Gasteiger partial charge < -0.3 is 19.7 Å². The third kappa shape index (κ3) is 5.24. The van der Waals surface area contributed by atoms with Crippen molar-refractivity contribution in [3.05, 3.63) is 54.1 Å². The first-order valence-electron chi connectivity index (χ1n) is 7.95. The SMILES string of the molecule is CCOc1ccc(C(=O)N(C)CC(=O)Nc2cccc(OC)c2)cc1. The molecule has 1 N–H and O–H groups in total. The topological polar surface area (TPSA) is 67.9 Å². The molecule has 2 aromatic carbocycles. The van der Waals surface area contributed by atoms with Gasteiger partial charge in [-0.1, -0.05) is 6.07 Å². The second kappa shape index (κ2) is 8.73. The van der Waals surface area contributed by atoms with Crippen LogP contribution in [0.2, 0.25) is 0 Å². The molecule has 2 aromatic rings. The fourth-order valence-corrected chi connectivity index (χ4v) is 2.27. The van der Waals surface area contributed by atoms with E-state index < -0.39 is 0 Å². The van der Waals surface area contributed by atoms with Crippen molar-refractivity contribution in [3.63, 3.8) is 0 Å². The number of rotatable bonds is 7. The normalized spacial score (nSPS) is 10.0. The summed E-state index contributed by atoms with van der Waals surface area (Å²) in [6.45, 7) is 2.41. The number of hydrogen-bond acceptors (Lipinski definition) is 4. The molecule has 0 saturated carbocycles. The molecule has 0 atom stereocenters. The highest BCUT2D eigenvalue weighted by atomic mass is 16.5. The van der Waals surface area contributed by atoms with Gasteiger partial charge in [-0.05, 0) is 43.3 Å². The minimum absolute atomic E-state index is 0.0523. The fourth-order valence-electron chi connectivity index (χ4n) is 2.27.